The largest absolute Gasteiger partial charge is 0.478 e. The first-order chi connectivity index (χ1) is 8.49. The molecule has 0 aliphatic heterocycles. The van der Waals surface area contributed by atoms with Gasteiger partial charge in [0.05, 0.1) is 5.56 Å². The predicted molar refractivity (Wildman–Crippen MR) is 66.5 cm³/mol. The highest BCUT2D eigenvalue weighted by atomic mass is 79.9. The fourth-order valence-corrected chi connectivity index (χ4v) is 1.99. The minimum atomic E-state index is -1.30. The van der Waals surface area contributed by atoms with Crippen molar-refractivity contribution in [3.63, 3.8) is 0 Å². The third-order valence-electron chi connectivity index (χ3n) is 2.43. The maximum Gasteiger partial charge on any atom is 0.336 e. The summed E-state index contributed by atoms with van der Waals surface area (Å²) in [4.78, 5) is 11.0. The molecular weight excluding hydrogens is 306 g/mol. The van der Waals surface area contributed by atoms with Crippen LogP contribution in [0.4, 0.5) is 8.78 Å². The van der Waals surface area contributed by atoms with Gasteiger partial charge in [-0.1, -0.05) is 22.0 Å². The van der Waals surface area contributed by atoms with Gasteiger partial charge in [-0.3, -0.25) is 0 Å². The molecule has 18 heavy (non-hydrogen) atoms. The molecule has 0 atom stereocenters. The Hall–Kier alpha value is -1.75. The maximum atomic E-state index is 13.7. The highest BCUT2D eigenvalue weighted by molar-refractivity contribution is 9.10. The van der Waals surface area contributed by atoms with E-state index in [1.165, 1.54) is 24.3 Å². The Morgan fingerprint density at radius 3 is 2.44 bits per heavy atom. The van der Waals surface area contributed by atoms with Crippen LogP contribution in [0.25, 0.3) is 11.1 Å². The van der Waals surface area contributed by atoms with Gasteiger partial charge < -0.3 is 5.11 Å². The molecular formula is C13H7BrF2O2. The number of benzene rings is 2. The average Bonchev–Trinajstić information content (AvgIpc) is 2.32. The van der Waals surface area contributed by atoms with E-state index in [9.17, 15) is 13.6 Å². The molecule has 2 rings (SSSR count). The van der Waals surface area contributed by atoms with Gasteiger partial charge in [0.15, 0.2) is 0 Å². The van der Waals surface area contributed by atoms with Crippen LogP contribution in [0.3, 0.4) is 0 Å². The van der Waals surface area contributed by atoms with Gasteiger partial charge in [0.25, 0.3) is 0 Å². The van der Waals surface area contributed by atoms with Crippen LogP contribution in [-0.2, 0) is 0 Å². The third kappa shape index (κ3) is 2.41. The number of carbonyl (C=O) groups is 1. The van der Waals surface area contributed by atoms with Crippen LogP contribution in [0.5, 0.6) is 0 Å². The molecule has 0 aliphatic rings. The molecule has 0 saturated carbocycles. The second-order valence-electron chi connectivity index (χ2n) is 3.62. The molecule has 0 heterocycles. The van der Waals surface area contributed by atoms with Gasteiger partial charge in [-0.15, -0.1) is 0 Å². The summed E-state index contributed by atoms with van der Waals surface area (Å²) in [5.74, 6) is -2.54. The molecule has 2 aromatic carbocycles. The molecule has 0 aliphatic carbocycles. The van der Waals surface area contributed by atoms with Crippen molar-refractivity contribution in [2.45, 2.75) is 0 Å². The number of halogens is 3. The third-order valence-corrected chi connectivity index (χ3v) is 2.92. The molecule has 0 fully saturated rings. The van der Waals surface area contributed by atoms with Gasteiger partial charge in [-0.2, -0.15) is 0 Å². The Balaban J connectivity index is 2.70. The summed E-state index contributed by atoms with van der Waals surface area (Å²) in [5.41, 5.74) is -0.0172. The first kappa shape index (κ1) is 12.7. The molecule has 5 heteroatoms. The molecule has 2 nitrogen and oxygen atoms in total. The number of rotatable bonds is 2. The Morgan fingerprint density at radius 1 is 1.06 bits per heavy atom. The van der Waals surface area contributed by atoms with Crippen LogP contribution in [0.15, 0.2) is 40.9 Å². The van der Waals surface area contributed by atoms with Gasteiger partial charge in [-0.05, 0) is 35.9 Å². The summed E-state index contributed by atoms with van der Waals surface area (Å²) in [6.07, 6.45) is 0. The first-order valence-corrected chi connectivity index (χ1v) is 5.76. The summed E-state index contributed by atoms with van der Waals surface area (Å²) in [7, 11) is 0. The molecule has 1 N–H and O–H groups in total. The van der Waals surface area contributed by atoms with E-state index in [-0.39, 0.29) is 16.7 Å². The van der Waals surface area contributed by atoms with E-state index < -0.39 is 17.6 Å². The van der Waals surface area contributed by atoms with Crippen molar-refractivity contribution in [1.82, 2.24) is 0 Å². The zero-order valence-corrected chi connectivity index (χ0v) is 10.5. The average molecular weight is 313 g/mol. The monoisotopic (exact) mass is 312 g/mol. The second-order valence-corrected chi connectivity index (χ2v) is 4.53. The van der Waals surface area contributed by atoms with Gasteiger partial charge in [0.1, 0.15) is 11.6 Å². The van der Waals surface area contributed by atoms with Crippen molar-refractivity contribution < 1.29 is 18.7 Å². The fraction of sp³-hybridized carbons (Fsp3) is 0. The molecule has 0 bridgehead atoms. The fourth-order valence-electron chi connectivity index (χ4n) is 1.63. The first-order valence-electron chi connectivity index (χ1n) is 4.97. The van der Waals surface area contributed by atoms with E-state index >= 15 is 0 Å². The number of carboxylic acid groups (broad SMARTS) is 1. The van der Waals surface area contributed by atoms with E-state index in [0.29, 0.717) is 4.47 Å². The number of aromatic carboxylic acids is 1. The number of hydrogen-bond donors (Lipinski definition) is 1. The van der Waals surface area contributed by atoms with Crippen LogP contribution in [-0.4, -0.2) is 11.1 Å². The summed E-state index contributed by atoms with van der Waals surface area (Å²) in [6.45, 7) is 0. The standard InChI is InChI=1S/C13H7BrF2O2/c14-7-1-4-12(16)10(5-7)9-3-2-8(15)6-11(9)13(17)18/h1-6H,(H,17,18). The molecule has 0 unspecified atom stereocenters. The normalized spacial score (nSPS) is 10.4. The van der Waals surface area contributed by atoms with E-state index in [0.717, 1.165) is 12.1 Å². The van der Waals surface area contributed by atoms with Crippen molar-refractivity contribution >= 4 is 21.9 Å². The zero-order chi connectivity index (χ0) is 13.3. The van der Waals surface area contributed by atoms with Crippen LogP contribution < -0.4 is 0 Å². The smallest absolute Gasteiger partial charge is 0.336 e. The predicted octanol–water partition coefficient (Wildman–Crippen LogP) is 4.09. The lowest BCUT2D eigenvalue weighted by Gasteiger charge is -2.08. The van der Waals surface area contributed by atoms with Crippen molar-refractivity contribution in [2.75, 3.05) is 0 Å². The topological polar surface area (TPSA) is 37.3 Å². The summed E-state index contributed by atoms with van der Waals surface area (Å²) in [6, 6.07) is 7.40. The van der Waals surface area contributed by atoms with Crippen molar-refractivity contribution in [2.24, 2.45) is 0 Å². The Kier molecular flexibility index (Phi) is 3.43. The maximum absolute atomic E-state index is 13.7. The van der Waals surface area contributed by atoms with Crippen LogP contribution in [0, 0.1) is 11.6 Å². The molecule has 92 valence electrons. The molecule has 0 saturated heterocycles. The highest BCUT2D eigenvalue weighted by Gasteiger charge is 2.15. The Bertz CT molecular complexity index is 626. The minimum Gasteiger partial charge on any atom is -0.478 e. The quantitative estimate of drug-likeness (QED) is 0.906. The number of carboxylic acids is 1. The van der Waals surface area contributed by atoms with Gasteiger partial charge >= 0.3 is 5.97 Å². The zero-order valence-electron chi connectivity index (χ0n) is 8.95. The van der Waals surface area contributed by atoms with E-state index in [2.05, 4.69) is 15.9 Å². The van der Waals surface area contributed by atoms with Gasteiger partial charge in [0, 0.05) is 10.0 Å². The van der Waals surface area contributed by atoms with Crippen LogP contribution >= 0.6 is 15.9 Å². The Morgan fingerprint density at radius 2 is 1.78 bits per heavy atom. The SMILES string of the molecule is O=C(O)c1cc(F)ccc1-c1cc(Br)ccc1F. The van der Waals surface area contributed by atoms with Crippen LogP contribution in [0.2, 0.25) is 0 Å². The van der Waals surface area contributed by atoms with E-state index in [1.807, 2.05) is 0 Å². The summed E-state index contributed by atoms with van der Waals surface area (Å²) >= 11 is 3.18. The molecule has 0 radical (unpaired) electrons. The lowest BCUT2D eigenvalue weighted by molar-refractivity contribution is 0.0697. The van der Waals surface area contributed by atoms with Crippen molar-refractivity contribution in [3.05, 3.63) is 58.1 Å². The van der Waals surface area contributed by atoms with E-state index in [4.69, 9.17) is 5.11 Å². The van der Waals surface area contributed by atoms with Crippen LogP contribution in [0.1, 0.15) is 10.4 Å². The lowest BCUT2D eigenvalue weighted by Crippen LogP contribution is -2.01. The van der Waals surface area contributed by atoms with Gasteiger partial charge in [-0.25, -0.2) is 13.6 Å². The minimum absolute atomic E-state index is 0.113. The van der Waals surface area contributed by atoms with Gasteiger partial charge in [0.2, 0.25) is 0 Å². The molecule has 0 spiro atoms. The summed E-state index contributed by atoms with van der Waals surface area (Å²) < 4.78 is 27.3. The summed E-state index contributed by atoms with van der Waals surface area (Å²) in [5, 5.41) is 9.01. The van der Waals surface area contributed by atoms with E-state index in [1.54, 1.807) is 0 Å². The molecule has 2 aromatic rings. The van der Waals surface area contributed by atoms with Crippen molar-refractivity contribution in [1.29, 1.82) is 0 Å². The highest BCUT2D eigenvalue weighted by Crippen LogP contribution is 2.29. The lowest BCUT2D eigenvalue weighted by atomic mass is 9.99. The molecule has 0 amide bonds. The Labute approximate surface area is 110 Å². The second kappa shape index (κ2) is 4.86. The van der Waals surface area contributed by atoms with Crippen molar-refractivity contribution in [3.8, 4) is 11.1 Å². The number of hydrogen-bond acceptors (Lipinski definition) is 1. The molecule has 0 aromatic heterocycles.